The number of hydrogen-bond donors (Lipinski definition) is 2. The number of methoxy groups -OCH3 is 1. The standard InChI is InChI=1S/C14H18BrN5O/c1-9-8-20(6-5-16-9)14-17-13(18-19-14)10-3-4-12(21-2)11(15)7-10/h3-4,7,9,16H,5-6,8H2,1-2H3,(H,17,18,19). The third-order valence-electron chi connectivity index (χ3n) is 3.55. The minimum atomic E-state index is 0.454. The summed E-state index contributed by atoms with van der Waals surface area (Å²) >= 11 is 3.49. The lowest BCUT2D eigenvalue weighted by molar-refractivity contribution is 0.412. The second-order valence-corrected chi connectivity index (χ2v) is 5.99. The van der Waals surface area contributed by atoms with Crippen molar-refractivity contribution in [3.63, 3.8) is 0 Å². The van der Waals surface area contributed by atoms with Gasteiger partial charge < -0.3 is 15.0 Å². The molecule has 1 saturated heterocycles. The second-order valence-electron chi connectivity index (χ2n) is 5.13. The Hall–Kier alpha value is -1.60. The smallest absolute Gasteiger partial charge is 0.245 e. The molecule has 1 aromatic carbocycles. The number of rotatable bonds is 3. The van der Waals surface area contributed by atoms with E-state index >= 15 is 0 Å². The molecule has 21 heavy (non-hydrogen) atoms. The molecule has 112 valence electrons. The number of ether oxygens (including phenoxy) is 1. The van der Waals surface area contributed by atoms with Crippen molar-refractivity contribution in [3.8, 4) is 17.1 Å². The summed E-state index contributed by atoms with van der Waals surface area (Å²) in [6, 6.07) is 6.31. The molecule has 1 unspecified atom stereocenters. The molecule has 0 spiro atoms. The van der Waals surface area contributed by atoms with Gasteiger partial charge >= 0.3 is 0 Å². The summed E-state index contributed by atoms with van der Waals surface area (Å²) in [5, 5.41) is 10.8. The lowest BCUT2D eigenvalue weighted by Gasteiger charge is -2.30. The van der Waals surface area contributed by atoms with Crippen LogP contribution in [0.4, 0.5) is 5.95 Å². The summed E-state index contributed by atoms with van der Waals surface area (Å²) < 4.78 is 6.14. The van der Waals surface area contributed by atoms with E-state index in [0.29, 0.717) is 6.04 Å². The Labute approximate surface area is 132 Å². The van der Waals surface area contributed by atoms with Gasteiger partial charge in [0, 0.05) is 31.2 Å². The van der Waals surface area contributed by atoms with E-state index in [1.807, 2.05) is 18.2 Å². The number of aromatic amines is 1. The van der Waals surface area contributed by atoms with Gasteiger partial charge in [0.25, 0.3) is 0 Å². The minimum absolute atomic E-state index is 0.454. The molecule has 3 rings (SSSR count). The van der Waals surface area contributed by atoms with Crippen LogP contribution >= 0.6 is 15.9 Å². The molecule has 2 heterocycles. The van der Waals surface area contributed by atoms with E-state index in [-0.39, 0.29) is 0 Å². The molecule has 1 aromatic heterocycles. The Morgan fingerprint density at radius 3 is 3.00 bits per heavy atom. The number of anilines is 1. The molecule has 6 nitrogen and oxygen atoms in total. The van der Waals surface area contributed by atoms with Crippen molar-refractivity contribution < 1.29 is 4.74 Å². The normalized spacial score (nSPS) is 18.8. The summed E-state index contributed by atoms with van der Waals surface area (Å²) in [6.45, 7) is 4.97. The number of nitrogens with one attached hydrogen (secondary N) is 2. The molecule has 1 fully saturated rings. The lowest BCUT2D eigenvalue weighted by atomic mass is 10.2. The van der Waals surface area contributed by atoms with E-state index in [0.717, 1.165) is 47.2 Å². The maximum Gasteiger partial charge on any atom is 0.245 e. The highest BCUT2D eigenvalue weighted by Gasteiger charge is 2.19. The Balaban J connectivity index is 1.82. The summed E-state index contributed by atoms with van der Waals surface area (Å²) in [5.41, 5.74) is 0.976. The molecule has 1 aliphatic heterocycles. The zero-order valence-corrected chi connectivity index (χ0v) is 13.6. The Morgan fingerprint density at radius 2 is 2.29 bits per heavy atom. The van der Waals surface area contributed by atoms with E-state index in [1.165, 1.54) is 0 Å². The average Bonchev–Trinajstić information content (AvgIpc) is 2.97. The van der Waals surface area contributed by atoms with Gasteiger partial charge in [0.1, 0.15) is 5.75 Å². The molecule has 0 radical (unpaired) electrons. The molecule has 0 amide bonds. The van der Waals surface area contributed by atoms with Crippen LogP contribution in [0.3, 0.4) is 0 Å². The maximum atomic E-state index is 5.24. The van der Waals surface area contributed by atoms with Gasteiger partial charge in [-0.15, -0.1) is 5.10 Å². The quantitative estimate of drug-likeness (QED) is 0.885. The van der Waals surface area contributed by atoms with Crippen LogP contribution in [0.2, 0.25) is 0 Å². The van der Waals surface area contributed by atoms with Gasteiger partial charge in [-0.2, -0.15) is 4.98 Å². The zero-order valence-electron chi connectivity index (χ0n) is 12.1. The highest BCUT2D eigenvalue weighted by Crippen LogP contribution is 2.29. The van der Waals surface area contributed by atoms with E-state index in [2.05, 4.69) is 48.3 Å². The number of H-pyrrole nitrogens is 1. The van der Waals surface area contributed by atoms with Gasteiger partial charge in [-0.1, -0.05) is 0 Å². The fourth-order valence-electron chi connectivity index (χ4n) is 2.45. The molecule has 0 aliphatic carbocycles. The van der Waals surface area contributed by atoms with Crippen LogP contribution in [-0.2, 0) is 0 Å². The first-order chi connectivity index (χ1) is 10.2. The maximum absolute atomic E-state index is 5.24. The van der Waals surface area contributed by atoms with Gasteiger partial charge in [0.05, 0.1) is 11.6 Å². The van der Waals surface area contributed by atoms with Crippen LogP contribution in [0.25, 0.3) is 11.4 Å². The highest BCUT2D eigenvalue weighted by molar-refractivity contribution is 9.10. The van der Waals surface area contributed by atoms with E-state index in [4.69, 9.17) is 4.74 Å². The van der Waals surface area contributed by atoms with Gasteiger partial charge in [0.2, 0.25) is 5.95 Å². The van der Waals surface area contributed by atoms with E-state index in [1.54, 1.807) is 7.11 Å². The molecule has 7 heteroatoms. The Morgan fingerprint density at radius 1 is 1.43 bits per heavy atom. The fourth-order valence-corrected chi connectivity index (χ4v) is 2.99. The number of halogens is 1. The Bertz CT molecular complexity index is 630. The molecule has 0 saturated carbocycles. The van der Waals surface area contributed by atoms with Crippen LogP contribution in [0.15, 0.2) is 22.7 Å². The largest absolute Gasteiger partial charge is 0.496 e. The van der Waals surface area contributed by atoms with Crippen molar-refractivity contribution >= 4 is 21.9 Å². The molecular formula is C14H18BrN5O. The third kappa shape index (κ3) is 3.03. The molecular weight excluding hydrogens is 334 g/mol. The van der Waals surface area contributed by atoms with Crippen LogP contribution in [0.1, 0.15) is 6.92 Å². The third-order valence-corrected chi connectivity index (χ3v) is 4.17. The van der Waals surface area contributed by atoms with Crippen molar-refractivity contribution in [2.24, 2.45) is 0 Å². The van der Waals surface area contributed by atoms with Crippen molar-refractivity contribution in [3.05, 3.63) is 22.7 Å². The molecule has 1 aliphatic rings. The second kappa shape index (κ2) is 6.03. The van der Waals surface area contributed by atoms with Gasteiger partial charge in [-0.3, -0.25) is 5.10 Å². The summed E-state index contributed by atoms with van der Waals surface area (Å²) in [6.07, 6.45) is 0. The number of aromatic nitrogens is 3. The van der Waals surface area contributed by atoms with Gasteiger partial charge in [0.15, 0.2) is 5.82 Å². The van der Waals surface area contributed by atoms with Crippen molar-refractivity contribution in [2.45, 2.75) is 13.0 Å². The zero-order chi connectivity index (χ0) is 14.8. The molecule has 2 N–H and O–H groups in total. The number of nitrogens with zero attached hydrogens (tertiary/aromatic N) is 3. The average molecular weight is 352 g/mol. The van der Waals surface area contributed by atoms with Gasteiger partial charge in [-0.25, -0.2) is 0 Å². The number of hydrogen-bond acceptors (Lipinski definition) is 5. The predicted octanol–water partition coefficient (Wildman–Crippen LogP) is 2.04. The Kier molecular flexibility index (Phi) is 4.12. The highest BCUT2D eigenvalue weighted by atomic mass is 79.9. The topological polar surface area (TPSA) is 66.1 Å². The van der Waals surface area contributed by atoms with Crippen molar-refractivity contribution in [1.29, 1.82) is 0 Å². The van der Waals surface area contributed by atoms with Crippen LogP contribution < -0.4 is 15.0 Å². The first-order valence-electron chi connectivity index (χ1n) is 6.92. The molecule has 1 atom stereocenters. The van der Waals surface area contributed by atoms with Gasteiger partial charge in [-0.05, 0) is 41.1 Å². The van der Waals surface area contributed by atoms with E-state index < -0.39 is 0 Å². The first-order valence-corrected chi connectivity index (χ1v) is 7.71. The lowest BCUT2D eigenvalue weighted by Crippen LogP contribution is -2.49. The van der Waals surface area contributed by atoms with Crippen LogP contribution in [0.5, 0.6) is 5.75 Å². The summed E-state index contributed by atoms with van der Waals surface area (Å²) in [7, 11) is 1.65. The summed E-state index contributed by atoms with van der Waals surface area (Å²) in [5.74, 6) is 2.32. The van der Waals surface area contributed by atoms with Crippen molar-refractivity contribution in [2.75, 3.05) is 31.6 Å². The molecule has 0 bridgehead atoms. The van der Waals surface area contributed by atoms with Crippen LogP contribution in [-0.4, -0.2) is 48.0 Å². The number of benzene rings is 1. The fraction of sp³-hybridized carbons (Fsp3) is 0.429. The predicted molar refractivity (Wildman–Crippen MR) is 85.7 cm³/mol. The summed E-state index contributed by atoms with van der Waals surface area (Å²) in [4.78, 5) is 6.80. The van der Waals surface area contributed by atoms with E-state index in [9.17, 15) is 0 Å². The number of piperazine rings is 1. The molecule has 2 aromatic rings. The van der Waals surface area contributed by atoms with Crippen molar-refractivity contribution in [1.82, 2.24) is 20.5 Å². The monoisotopic (exact) mass is 351 g/mol. The SMILES string of the molecule is COc1ccc(-c2nc(N3CCNC(C)C3)n[nH]2)cc1Br. The minimum Gasteiger partial charge on any atom is -0.496 e. The van der Waals surface area contributed by atoms with Crippen LogP contribution in [0, 0.1) is 0 Å². The first kappa shape index (κ1) is 14.3.